The van der Waals surface area contributed by atoms with Crippen LogP contribution in [0.25, 0.3) is 0 Å². The van der Waals surface area contributed by atoms with E-state index < -0.39 is 0 Å². The van der Waals surface area contributed by atoms with E-state index in [1.807, 2.05) is 13.8 Å². The number of benzene rings is 1. The molecule has 2 N–H and O–H groups in total. The van der Waals surface area contributed by atoms with Crippen LogP contribution in [-0.4, -0.2) is 54.3 Å². The Kier molecular flexibility index (Phi) is 10.8. The SMILES string of the molecule is CCCCCNC(=O)Cc1csc(NC(=O)CN(CC(C)C)C(=O)c2ccc(OC)cc2)n1. The maximum atomic E-state index is 13.0. The molecule has 0 aliphatic carbocycles. The molecule has 3 amide bonds. The van der Waals surface area contributed by atoms with Gasteiger partial charge in [0.1, 0.15) is 12.3 Å². The van der Waals surface area contributed by atoms with Gasteiger partial charge in [-0.2, -0.15) is 0 Å². The molecule has 2 aromatic rings. The highest BCUT2D eigenvalue weighted by atomic mass is 32.1. The third-order valence-electron chi connectivity index (χ3n) is 4.79. The minimum atomic E-state index is -0.331. The van der Waals surface area contributed by atoms with Crippen LogP contribution in [-0.2, 0) is 16.0 Å². The number of carbonyl (C=O) groups excluding carboxylic acids is 3. The van der Waals surface area contributed by atoms with Gasteiger partial charge in [0.25, 0.3) is 5.91 Å². The van der Waals surface area contributed by atoms with Gasteiger partial charge in [0.2, 0.25) is 11.8 Å². The lowest BCUT2D eigenvalue weighted by molar-refractivity contribution is -0.120. The van der Waals surface area contributed by atoms with Crippen molar-refractivity contribution in [1.82, 2.24) is 15.2 Å². The van der Waals surface area contributed by atoms with Gasteiger partial charge in [-0.15, -0.1) is 11.3 Å². The van der Waals surface area contributed by atoms with Crippen LogP contribution in [0, 0.1) is 5.92 Å². The number of nitrogens with zero attached hydrogens (tertiary/aromatic N) is 2. The first-order valence-corrected chi connectivity index (χ1v) is 12.1. The Morgan fingerprint density at radius 2 is 1.85 bits per heavy atom. The number of anilines is 1. The number of methoxy groups -OCH3 is 1. The zero-order valence-corrected chi connectivity index (χ0v) is 20.7. The van der Waals surface area contributed by atoms with E-state index in [2.05, 4.69) is 22.5 Å². The van der Waals surface area contributed by atoms with Gasteiger partial charge in [-0.25, -0.2) is 4.98 Å². The summed E-state index contributed by atoms with van der Waals surface area (Å²) in [5.74, 6) is 0.224. The van der Waals surface area contributed by atoms with Crippen molar-refractivity contribution >= 4 is 34.2 Å². The maximum absolute atomic E-state index is 13.0. The Morgan fingerprint density at radius 3 is 2.48 bits per heavy atom. The maximum Gasteiger partial charge on any atom is 0.254 e. The summed E-state index contributed by atoms with van der Waals surface area (Å²) in [6.45, 7) is 7.12. The molecule has 0 aliphatic rings. The fourth-order valence-corrected chi connectivity index (χ4v) is 3.91. The lowest BCUT2D eigenvalue weighted by atomic mass is 10.1. The van der Waals surface area contributed by atoms with E-state index in [0.29, 0.717) is 35.2 Å². The van der Waals surface area contributed by atoms with Crippen LogP contribution >= 0.6 is 11.3 Å². The largest absolute Gasteiger partial charge is 0.497 e. The van der Waals surface area contributed by atoms with Gasteiger partial charge >= 0.3 is 0 Å². The highest BCUT2D eigenvalue weighted by Crippen LogP contribution is 2.17. The van der Waals surface area contributed by atoms with E-state index in [9.17, 15) is 14.4 Å². The van der Waals surface area contributed by atoms with Crippen molar-refractivity contribution in [3.05, 3.63) is 40.9 Å². The number of nitrogens with one attached hydrogen (secondary N) is 2. The molecular weight excluding hydrogens is 440 g/mol. The van der Waals surface area contributed by atoms with Crippen molar-refractivity contribution in [1.29, 1.82) is 0 Å². The first-order valence-electron chi connectivity index (χ1n) is 11.3. The normalized spacial score (nSPS) is 10.7. The molecule has 9 heteroatoms. The van der Waals surface area contributed by atoms with Crippen LogP contribution in [0.4, 0.5) is 5.13 Å². The zero-order valence-electron chi connectivity index (χ0n) is 19.8. The van der Waals surface area contributed by atoms with Gasteiger partial charge in [0.05, 0.1) is 19.2 Å². The van der Waals surface area contributed by atoms with Crippen molar-refractivity contribution in [2.45, 2.75) is 46.5 Å². The molecule has 0 radical (unpaired) electrons. The van der Waals surface area contributed by atoms with Crippen molar-refractivity contribution in [2.75, 3.05) is 32.1 Å². The number of aromatic nitrogens is 1. The number of carbonyl (C=O) groups is 3. The Bertz CT molecular complexity index is 911. The molecule has 1 aromatic carbocycles. The highest BCUT2D eigenvalue weighted by Gasteiger charge is 2.21. The van der Waals surface area contributed by atoms with Crippen molar-refractivity contribution in [3.8, 4) is 5.75 Å². The molecule has 8 nitrogen and oxygen atoms in total. The first kappa shape index (κ1) is 26.3. The third kappa shape index (κ3) is 9.21. The van der Waals surface area contributed by atoms with Crippen molar-refractivity contribution < 1.29 is 19.1 Å². The highest BCUT2D eigenvalue weighted by molar-refractivity contribution is 7.13. The van der Waals surface area contributed by atoms with Crippen molar-refractivity contribution in [2.24, 2.45) is 5.92 Å². The lowest BCUT2D eigenvalue weighted by Crippen LogP contribution is -2.40. The molecular formula is C24H34N4O4S. The van der Waals surface area contributed by atoms with Gasteiger partial charge < -0.3 is 20.3 Å². The number of hydrogen-bond donors (Lipinski definition) is 2. The molecule has 0 spiro atoms. The van der Waals surface area contributed by atoms with Gasteiger partial charge in [0, 0.05) is 24.0 Å². The third-order valence-corrected chi connectivity index (χ3v) is 5.59. The van der Waals surface area contributed by atoms with E-state index in [1.165, 1.54) is 16.2 Å². The summed E-state index contributed by atoms with van der Waals surface area (Å²) in [6, 6.07) is 6.81. The molecule has 0 saturated carbocycles. The molecule has 180 valence electrons. The topological polar surface area (TPSA) is 101 Å². The number of amides is 3. The molecule has 0 bridgehead atoms. The van der Waals surface area contributed by atoms with Crippen molar-refractivity contribution in [3.63, 3.8) is 0 Å². The molecule has 1 aromatic heterocycles. The van der Waals surface area contributed by atoms with E-state index in [4.69, 9.17) is 4.74 Å². The average Bonchev–Trinajstić information content (AvgIpc) is 3.21. The molecule has 0 fully saturated rings. The van der Waals surface area contributed by atoms with Crippen LogP contribution in [0.1, 0.15) is 56.1 Å². The number of hydrogen-bond acceptors (Lipinski definition) is 6. The second-order valence-electron chi connectivity index (χ2n) is 8.23. The summed E-state index contributed by atoms with van der Waals surface area (Å²) in [6.07, 6.45) is 3.32. The Labute approximate surface area is 199 Å². The fourth-order valence-electron chi connectivity index (χ4n) is 3.18. The summed E-state index contributed by atoms with van der Waals surface area (Å²) in [4.78, 5) is 43.5. The summed E-state index contributed by atoms with van der Waals surface area (Å²) >= 11 is 1.26. The van der Waals surface area contributed by atoms with Gasteiger partial charge in [-0.1, -0.05) is 33.6 Å². The predicted octanol–water partition coefficient (Wildman–Crippen LogP) is 3.74. The number of thiazole rings is 1. The van der Waals surface area contributed by atoms with Gasteiger partial charge in [-0.3, -0.25) is 14.4 Å². The Balaban J connectivity index is 1.93. The quantitative estimate of drug-likeness (QED) is 0.431. The molecule has 1 heterocycles. The van der Waals surface area contributed by atoms with Crippen LogP contribution in [0.3, 0.4) is 0 Å². The second-order valence-corrected chi connectivity index (χ2v) is 9.09. The van der Waals surface area contributed by atoms with Crippen LogP contribution in [0.15, 0.2) is 29.6 Å². The second kappa shape index (κ2) is 13.6. The van der Waals surface area contributed by atoms with E-state index in [-0.39, 0.29) is 36.6 Å². The van der Waals surface area contributed by atoms with E-state index >= 15 is 0 Å². The van der Waals surface area contributed by atoms with E-state index in [0.717, 1.165) is 19.3 Å². The average molecular weight is 475 g/mol. The monoisotopic (exact) mass is 474 g/mol. The predicted molar refractivity (Wildman–Crippen MR) is 131 cm³/mol. The molecule has 0 atom stereocenters. The van der Waals surface area contributed by atoms with Gasteiger partial charge in [0.15, 0.2) is 5.13 Å². The van der Waals surface area contributed by atoms with E-state index in [1.54, 1.807) is 36.8 Å². The summed E-state index contributed by atoms with van der Waals surface area (Å²) in [5, 5.41) is 7.80. The molecule has 0 unspecified atom stereocenters. The Hall–Kier alpha value is -2.94. The molecule has 0 saturated heterocycles. The number of rotatable bonds is 13. The minimum Gasteiger partial charge on any atom is -0.497 e. The Morgan fingerprint density at radius 1 is 1.12 bits per heavy atom. The molecule has 33 heavy (non-hydrogen) atoms. The summed E-state index contributed by atoms with van der Waals surface area (Å²) in [5.41, 5.74) is 1.10. The van der Waals surface area contributed by atoms with Crippen LogP contribution in [0.2, 0.25) is 0 Å². The minimum absolute atomic E-state index is 0.0810. The summed E-state index contributed by atoms with van der Waals surface area (Å²) < 4.78 is 5.14. The molecule has 2 rings (SSSR count). The first-order chi connectivity index (χ1) is 15.8. The summed E-state index contributed by atoms with van der Waals surface area (Å²) in [7, 11) is 1.57. The van der Waals surface area contributed by atoms with Crippen LogP contribution in [0.5, 0.6) is 5.75 Å². The smallest absolute Gasteiger partial charge is 0.254 e. The van der Waals surface area contributed by atoms with Gasteiger partial charge in [-0.05, 0) is 36.6 Å². The fraction of sp³-hybridized carbons (Fsp3) is 0.500. The zero-order chi connectivity index (χ0) is 24.2. The standard InChI is InChI=1S/C24H34N4O4S/c1-5-6-7-12-25-21(29)13-19-16-33-24(26-19)27-22(30)15-28(14-17(2)3)23(31)18-8-10-20(32-4)11-9-18/h8-11,16-17H,5-7,12-15H2,1-4H3,(H,25,29)(H,26,27,30). The van der Waals surface area contributed by atoms with Crippen LogP contribution < -0.4 is 15.4 Å². The molecule has 0 aliphatic heterocycles. The number of unbranched alkanes of at least 4 members (excludes halogenated alkanes) is 2. The lowest BCUT2D eigenvalue weighted by Gasteiger charge is -2.24. The number of ether oxygens (including phenoxy) is 1.